The fourth-order valence-electron chi connectivity index (χ4n) is 4.34. The van der Waals surface area contributed by atoms with Crippen molar-refractivity contribution in [3.8, 4) is 11.5 Å². The second kappa shape index (κ2) is 12.5. The molecule has 0 unspecified atom stereocenters. The summed E-state index contributed by atoms with van der Waals surface area (Å²) in [4.78, 5) is 41.5. The molecular formula is C29H30N3O6Si. The van der Waals surface area contributed by atoms with E-state index in [-0.39, 0.29) is 6.61 Å². The van der Waals surface area contributed by atoms with Crippen molar-refractivity contribution in [3.63, 3.8) is 0 Å². The highest BCUT2D eigenvalue weighted by Crippen LogP contribution is 2.29. The normalized spacial score (nSPS) is 17.2. The number of hydrogen-bond acceptors (Lipinski definition) is 6. The van der Waals surface area contributed by atoms with Crippen LogP contribution < -0.4 is 20.1 Å². The van der Waals surface area contributed by atoms with Crippen molar-refractivity contribution < 1.29 is 28.6 Å². The SMILES string of the molecule is COc1ccc(NC(=O)[C@H](NC(=O)[C@]2([Si])CCCN2C(=O)OCc2ccccc2)c2ccc(OC)cc2)cc1. The average molecular weight is 545 g/mol. The van der Waals surface area contributed by atoms with Gasteiger partial charge < -0.3 is 24.8 Å². The van der Waals surface area contributed by atoms with E-state index < -0.39 is 29.1 Å². The summed E-state index contributed by atoms with van der Waals surface area (Å²) in [5, 5.41) is 4.30. The number of nitrogens with one attached hydrogen (secondary N) is 2. The molecule has 201 valence electrons. The number of ether oxygens (including phenoxy) is 3. The maximum Gasteiger partial charge on any atom is 0.410 e. The van der Waals surface area contributed by atoms with Crippen LogP contribution in [0.2, 0.25) is 0 Å². The van der Waals surface area contributed by atoms with Crippen molar-refractivity contribution in [1.29, 1.82) is 0 Å². The predicted octanol–water partition coefficient (Wildman–Crippen LogP) is 3.80. The number of methoxy groups -OCH3 is 2. The summed E-state index contributed by atoms with van der Waals surface area (Å²) in [7, 11) is 6.68. The molecule has 1 saturated heterocycles. The van der Waals surface area contributed by atoms with Crippen LogP contribution in [0.3, 0.4) is 0 Å². The maximum absolute atomic E-state index is 13.7. The summed E-state index contributed by atoms with van der Waals surface area (Å²) in [5.74, 6) is 0.276. The molecule has 3 radical (unpaired) electrons. The number of amides is 3. The van der Waals surface area contributed by atoms with Crippen molar-refractivity contribution >= 4 is 33.8 Å². The van der Waals surface area contributed by atoms with Gasteiger partial charge in [0.1, 0.15) is 29.3 Å². The number of anilines is 1. The van der Waals surface area contributed by atoms with E-state index in [1.807, 2.05) is 30.3 Å². The van der Waals surface area contributed by atoms with Crippen molar-refractivity contribution in [2.24, 2.45) is 0 Å². The van der Waals surface area contributed by atoms with E-state index in [1.165, 1.54) is 4.90 Å². The molecule has 9 nitrogen and oxygen atoms in total. The van der Waals surface area contributed by atoms with E-state index in [0.29, 0.717) is 42.1 Å². The Labute approximate surface area is 230 Å². The van der Waals surface area contributed by atoms with E-state index in [1.54, 1.807) is 62.8 Å². The lowest BCUT2D eigenvalue weighted by Gasteiger charge is -2.34. The van der Waals surface area contributed by atoms with Gasteiger partial charge in [-0.1, -0.05) is 42.5 Å². The van der Waals surface area contributed by atoms with Crippen LogP contribution in [0.5, 0.6) is 11.5 Å². The van der Waals surface area contributed by atoms with Gasteiger partial charge in [0.15, 0.2) is 0 Å². The molecule has 0 aromatic heterocycles. The van der Waals surface area contributed by atoms with Gasteiger partial charge in [0, 0.05) is 12.2 Å². The van der Waals surface area contributed by atoms with Gasteiger partial charge in [-0.3, -0.25) is 14.5 Å². The van der Waals surface area contributed by atoms with Crippen molar-refractivity contribution in [1.82, 2.24) is 10.2 Å². The van der Waals surface area contributed by atoms with Crippen molar-refractivity contribution in [2.75, 3.05) is 26.1 Å². The molecule has 39 heavy (non-hydrogen) atoms. The third kappa shape index (κ3) is 6.58. The number of nitrogens with zero attached hydrogens (tertiary/aromatic N) is 1. The zero-order chi connectivity index (χ0) is 27.8. The maximum atomic E-state index is 13.7. The predicted molar refractivity (Wildman–Crippen MR) is 147 cm³/mol. The van der Waals surface area contributed by atoms with Crippen LogP contribution in [0, 0.1) is 0 Å². The zero-order valence-electron chi connectivity index (χ0n) is 21.8. The molecule has 1 heterocycles. The highest BCUT2D eigenvalue weighted by atomic mass is 28.1. The highest BCUT2D eigenvalue weighted by molar-refractivity contribution is 6.29. The van der Waals surface area contributed by atoms with Gasteiger partial charge in [0.2, 0.25) is 5.91 Å². The van der Waals surface area contributed by atoms with Crippen LogP contribution >= 0.6 is 0 Å². The third-order valence-corrected chi connectivity index (χ3v) is 7.27. The fourth-order valence-corrected chi connectivity index (χ4v) is 4.79. The first-order valence-electron chi connectivity index (χ1n) is 12.5. The Hall–Kier alpha value is -4.31. The Balaban J connectivity index is 1.52. The van der Waals surface area contributed by atoms with Gasteiger partial charge in [-0.25, -0.2) is 4.79 Å². The van der Waals surface area contributed by atoms with Crippen LogP contribution in [-0.4, -0.2) is 59.0 Å². The summed E-state index contributed by atoms with van der Waals surface area (Å²) in [5.41, 5.74) is 1.92. The molecule has 2 atom stereocenters. The highest BCUT2D eigenvalue weighted by Gasteiger charge is 2.47. The molecule has 10 heteroatoms. The molecule has 3 aromatic carbocycles. The minimum atomic E-state index is -1.38. The van der Waals surface area contributed by atoms with E-state index in [9.17, 15) is 14.4 Å². The average Bonchev–Trinajstić information content (AvgIpc) is 3.38. The van der Waals surface area contributed by atoms with Crippen LogP contribution in [0.4, 0.5) is 10.5 Å². The van der Waals surface area contributed by atoms with Gasteiger partial charge in [-0.05, 0) is 60.4 Å². The molecule has 0 saturated carbocycles. The lowest BCUT2D eigenvalue weighted by Crippen LogP contribution is -2.59. The monoisotopic (exact) mass is 544 g/mol. The van der Waals surface area contributed by atoms with Crippen LogP contribution in [0.25, 0.3) is 0 Å². The van der Waals surface area contributed by atoms with Gasteiger partial charge in [-0.15, -0.1) is 0 Å². The molecule has 3 amide bonds. The molecule has 3 aromatic rings. The van der Waals surface area contributed by atoms with Gasteiger partial charge >= 0.3 is 6.09 Å². The lowest BCUT2D eigenvalue weighted by molar-refractivity contribution is -0.131. The number of carbonyl (C=O) groups excluding carboxylic acids is 3. The summed E-state index contributed by atoms with van der Waals surface area (Å²) in [6.07, 6.45) is 0.318. The quantitative estimate of drug-likeness (QED) is 0.397. The summed E-state index contributed by atoms with van der Waals surface area (Å²) >= 11 is 0. The molecule has 0 aliphatic carbocycles. The molecule has 0 spiro atoms. The first kappa shape index (κ1) is 27.7. The topological polar surface area (TPSA) is 106 Å². The Morgan fingerprint density at radius 3 is 2.15 bits per heavy atom. The van der Waals surface area contributed by atoms with Crippen molar-refractivity contribution in [2.45, 2.75) is 30.7 Å². The van der Waals surface area contributed by atoms with Gasteiger partial charge in [-0.2, -0.15) is 0 Å². The standard InChI is InChI=1S/C29H30N3O6Si/c1-36-23-13-9-21(10-14-23)25(26(33)30-22-11-15-24(37-2)16-12-22)31-27(34)29(39)17-6-18-32(29)28(35)38-19-20-7-4-3-5-8-20/h3-5,7-16,25H,6,17-19H2,1-2H3,(H,30,33)(H,31,34)/t25-,29-/m1/s1. The third-order valence-electron chi connectivity index (χ3n) is 6.53. The summed E-state index contributed by atoms with van der Waals surface area (Å²) in [6.45, 7) is 0.411. The van der Waals surface area contributed by atoms with Crippen LogP contribution in [0.15, 0.2) is 78.9 Å². The Kier molecular flexibility index (Phi) is 8.87. The second-order valence-electron chi connectivity index (χ2n) is 9.05. The summed E-state index contributed by atoms with van der Waals surface area (Å²) < 4.78 is 15.9. The second-order valence-corrected chi connectivity index (χ2v) is 9.88. The number of likely N-dealkylation sites (tertiary alicyclic amines) is 1. The number of carbonyl (C=O) groups is 3. The minimum Gasteiger partial charge on any atom is -0.497 e. The van der Waals surface area contributed by atoms with E-state index >= 15 is 0 Å². The van der Waals surface area contributed by atoms with Crippen LogP contribution in [-0.2, 0) is 20.9 Å². The van der Waals surface area contributed by atoms with Crippen LogP contribution in [0.1, 0.15) is 30.0 Å². The Morgan fingerprint density at radius 1 is 0.923 bits per heavy atom. The Bertz CT molecular complexity index is 1290. The number of rotatable bonds is 9. The number of hydrogen-bond donors (Lipinski definition) is 2. The minimum absolute atomic E-state index is 0.0822. The lowest BCUT2D eigenvalue weighted by atomic mass is 10.0. The Morgan fingerprint density at radius 2 is 1.54 bits per heavy atom. The zero-order valence-corrected chi connectivity index (χ0v) is 22.8. The first-order chi connectivity index (χ1) is 18.8. The molecule has 4 rings (SSSR count). The molecule has 1 fully saturated rings. The molecule has 1 aliphatic rings. The number of benzene rings is 3. The van der Waals surface area contributed by atoms with E-state index in [2.05, 4.69) is 20.9 Å². The molecule has 0 bridgehead atoms. The molecule has 1 aliphatic heterocycles. The van der Waals surface area contributed by atoms with E-state index in [0.717, 1.165) is 5.56 Å². The van der Waals surface area contributed by atoms with Gasteiger partial charge in [0.25, 0.3) is 5.91 Å². The summed E-state index contributed by atoms with van der Waals surface area (Å²) in [6, 6.07) is 21.9. The largest absolute Gasteiger partial charge is 0.497 e. The molecular weight excluding hydrogens is 514 g/mol. The molecule has 2 N–H and O–H groups in total. The van der Waals surface area contributed by atoms with E-state index in [4.69, 9.17) is 14.2 Å². The van der Waals surface area contributed by atoms with Gasteiger partial charge in [0.05, 0.1) is 24.5 Å². The fraction of sp³-hybridized carbons (Fsp3) is 0.276. The first-order valence-corrected chi connectivity index (χ1v) is 13.0. The smallest absolute Gasteiger partial charge is 0.410 e. The van der Waals surface area contributed by atoms with Crippen molar-refractivity contribution in [3.05, 3.63) is 90.0 Å².